The second-order valence-electron chi connectivity index (χ2n) is 15.8. The Bertz CT molecular complexity index is 1270. The summed E-state index contributed by atoms with van der Waals surface area (Å²) >= 11 is 0. The van der Waals surface area contributed by atoms with Crippen LogP contribution in [0.1, 0.15) is 65.2 Å². The Kier molecular flexibility index (Phi) is 9.41. The predicted octanol–water partition coefficient (Wildman–Crippen LogP) is 0.0563. The van der Waals surface area contributed by atoms with E-state index in [1.165, 1.54) is 0 Å². The Morgan fingerprint density at radius 1 is 0.896 bits per heavy atom. The molecule has 7 aliphatic rings. The van der Waals surface area contributed by atoms with Gasteiger partial charge in [-0.15, -0.1) is 0 Å². The van der Waals surface area contributed by atoms with E-state index in [-0.39, 0.29) is 35.2 Å². The number of aliphatic hydroxyl groups excluding tert-OH is 6. The van der Waals surface area contributed by atoms with E-state index in [9.17, 15) is 40.5 Å². The maximum atomic E-state index is 12.2. The highest BCUT2D eigenvalue weighted by atomic mass is 16.7. The maximum Gasteiger partial charge on any atom is 0.331 e. The lowest BCUT2D eigenvalue weighted by molar-refractivity contribution is -0.360. The van der Waals surface area contributed by atoms with E-state index < -0.39 is 73.6 Å². The van der Waals surface area contributed by atoms with Crippen LogP contribution >= 0.6 is 0 Å². The van der Waals surface area contributed by atoms with Crippen LogP contribution in [0.2, 0.25) is 0 Å². The molecule has 18 atom stereocenters. The van der Waals surface area contributed by atoms with Gasteiger partial charge in [0.1, 0.15) is 49.3 Å². The lowest BCUT2D eigenvalue weighted by Gasteiger charge is -2.55. The summed E-state index contributed by atoms with van der Waals surface area (Å²) in [6.07, 6.45) is -5.54. The molecule has 3 aliphatic heterocycles. The van der Waals surface area contributed by atoms with Gasteiger partial charge in [0, 0.05) is 17.9 Å². The lowest BCUT2D eigenvalue weighted by atomic mass is 9.51. The van der Waals surface area contributed by atoms with Gasteiger partial charge in [0.25, 0.3) is 0 Å². The van der Waals surface area contributed by atoms with Gasteiger partial charge < -0.3 is 59.4 Å². The monoisotopic (exact) mass is 680 g/mol. The normalized spacial score (nSPS) is 53.8. The van der Waals surface area contributed by atoms with Crippen LogP contribution in [0.5, 0.6) is 0 Å². The molecule has 0 amide bonds. The first-order valence-corrected chi connectivity index (χ1v) is 17.7. The number of cyclic esters (lactones) is 1. The molecule has 7 N–H and O–H groups in total. The number of carbonyl (C=O) groups excluding carboxylic acids is 1. The molecule has 13 nitrogen and oxygen atoms in total. The van der Waals surface area contributed by atoms with Crippen molar-refractivity contribution < 1.29 is 64.2 Å². The molecule has 0 bridgehead atoms. The molecule has 3 heterocycles. The summed E-state index contributed by atoms with van der Waals surface area (Å²) in [5, 5.41) is 74.4. The molecule has 0 spiro atoms. The first-order valence-electron chi connectivity index (χ1n) is 17.7. The van der Waals surface area contributed by atoms with Crippen molar-refractivity contribution in [2.75, 3.05) is 13.2 Å². The van der Waals surface area contributed by atoms with Crippen LogP contribution in [-0.4, -0.2) is 128 Å². The second-order valence-corrected chi connectivity index (χ2v) is 15.8. The number of fused-ring (bicyclic) bond motifs is 5. The molecule has 6 fully saturated rings. The number of carbonyl (C=O) groups is 1. The van der Waals surface area contributed by atoms with Crippen molar-refractivity contribution in [3.63, 3.8) is 0 Å². The highest BCUT2D eigenvalue weighted by Crippen LogP contribution is 2.67. The standard InChI is InChI=1S/C35H52O13/c1-15-20(17-10-25(37)44-14-17)7-9-35(43)21-5-4-18-11-19(6-8-34(18,3)23(21)12-22(15)35)46-32-30(42)28(40)31(16(2)45-32)48-33-29(41)27(39)26(38)24(13-36)47-33/h10,16,18-24,26-33,36,38-43H,1,4-9,11-14H2,2-3H3. The van der Waals surface area contributed by atoms with E-state index in [0.717, 1.165) is 56.1 Å². The predicted molar refractivity (Wildman–Crippen MR) is 165 cm³/mol. The Hall–Kier alpha value is -1.49. The van der Waals surface area contributed by atoms with E-state index >= 15 is 0 Å². The minimum Gasteiger partial charge on any atom is -0.458 e. The Morgan fingerprint density at radius 2 is 1.62 bits per heavy atom. The number of ether oxygens (including phenoxy) is 5. The second kappa shape index (κ2) is 12.9. The smallest absolute Gasteiger partial charge is 0.331 e. The van der Waals surface area contributed by atoms with Gasteiger partial charge in [-0.3, -0.25) is 0 Å². The van der Waals surface area contributed by atoms with Gasteiger partial charge in [0.2, 0.25) is 0 Å². The molecule has 0 radical (unpaired) electrons. The zero-order chi connectivity index (χ0) is 34.3. The van der Waals surface area contributed by atoms with Gasteiger partial charge in [0.15, 0.2) is 12.6 Å². The summed E-state index contributed by atoms with van der Waals surface area (Å²) in [4.78, 5) is 11.8. The number of hydrogen-bond acceptors (Lipinski definition) is 13. The molecule has 0 aromatic rings. The topological polar surface area (TPSA) is 205 Å². The summed E-state index contributed by atoms with van der Waals surface area (Å²) in [6.45, 7) is 8.16. The third-order valence-corrected chi connectivity index (χ3v) is 13.5. The van der Waals surface area contributed by atoms with Crippen molar-refractivity contribution in [2.45, 2.75) is 138 Å². The number of esters is 1. The SMILES string of the molecule is C=C1C(C2=CC(=O)OC2)CCC2(O)C1CC1C2CCC2CC(OC3OC(C)C(OC4OC(CO)C(O)C(O)C4O)C(O)C3O)CCC21C. The summed E-state index contributed by atoms with van der Waals surface area (Å²) in [5.41, 5.74) is 1.22. The molecule has 0 aromatic heterocycles. The lowest BCUT2D eigenvalue weighted by Crippen LogP contribution is -2.64. The van der Waals surface area contributed by atoms with Crippen LogP contribution in [-0.2, 0) is 28.5 Å². The van der Waals surface area contributed by atoms with Crippen LogP contribution < -0.4 is 0 Å². The average molecular weight is 681 g/mol. The Balaban J connectivity index is 0.976. The van der Waals surface area contributed by atoms with Crippen LogP contribution in [0.3, 0.4) is 0 Å². The fourth-order valence-electron chi connectivity index (χ4n) is 10.7. The van der Waals surface area contributed by atoms with Crippen molar-refractivity contribution in [1.82, 2.24) is 0 Å². The molecule has 270 valence electrons. The van der Waals surface area contributed by atoms with Gasteiger partial charge >= 0.3 is 5.97 Å². The van der Waals surface area contributed by atoms with E-state index in [2.05, 4.69) is 13.5 Å². The van der Waals surface area contributed by atoms with E-state index in [1.807, 2.05) is 0 Å². The highest BCUT2D eigenvalue weighted by molar-refractivity contribution is 5.85. The zero-order valence-corrected chi connectivity index (χ0v) is 27.7. The number of aliphatic hydroxyl groups is 7. The summed E-state index contributed by atoms with van der Waals surface area (Å²) in [6, 6.07) is 0. The molecular weight excluding hydrogens is 628 g/mol. The van der Waals surface area contributed by atoms with E-state index in [0.29, 0.717) is 24.9 Å². The van der Waals surface area contributed by atoms with Gasteiger partial charge in [-0.05, 0) is 87.0 Å². The van der Waals surface area contributed by atoms with Crippen molar-refractivity contribution >= 4 is 5.97 Å². The first-order chi connectivity index (χ1) is 22.8. The van der Waals surface area contributed by atoms with Gasteiger partial charge in [-0.1, -0.05) is 19.1 Å². The van der Waals surface area contributed by atoms with Crippen molar-refractivity contribution in [1.29, 1.82) is 0 Å². The molecule has 7 rings (SSSR count). The summed E-state index contributed by atoms with van der Waals surface area (Å²) in [5.74, 6) is 0.616. The summed E-state index contributed by atoms with van der Waals surface area (Å²) in [7, 11) is 0. The van der Waals surface area contributed by atoms with Gasteiger partial charge in [0.05, 0.1) is 24.4 Å². The molecule has 4 aliphatic carbocycles. The molecule has 0 aromatic carbocycles. The Morgan fingerprint density at radius 3 is 2.33 bits per heavy atom. The third kappa shape index (κ3) is 5.61. The van der Waals surface area contributed by atoms with Crippen molar-refractivity contribution in [3.05, 3.63) is 23.8 Å². The highest BCUT2D eigenvalue weighted by Gasteiger charge is 2.64. The molecule has 13 heteroatoms. The van der Waals surface area contributed by atoms with Crippen molar-refractivity contribution in [3.8, 4) is 0 Å². The zero-order valence-electron chi connectivity index (χ0n) is 27.7. The van der Waals surface area contributed by atoms with Crippen LogP contribution in [0.25, 0.3) is 0 Å². The molecule has 48 heavy (non-hydrogen) atoms. The Labute approximate surface area is 280 Å². The van der Waals surface area contributed by atoms with E-state index in [4.69, 9.17) is 23.7 Å². The largest absolute Gasteiger partial charge is 0.458 e. The fourth-order valence-corrected chi connectivity index (χ4v) is 10.7. The maximum absolute atomic E-state index is 12.2. The van der Waals surface area contributed by atoms with E-state index in [1.54, 1.807) is 13.0 Å². The van der Waals surface area contributed by atoms with Gasteiger partial charge in [-0.25, -0.2) is 4.79 Å². The summed E-state index contributed by atoms with van der Waals surface area (Å²) < 4.78 is 28.7. The molecule has 4 saturated carbocycles. The molecular formula is C35H52O13. The quantitative estimate of drug-likeness (QED) is 0.113. The fraction of sp³-hybridized carbons (Fsp3) is 0.857. The van der Waals surface area contributed by atoms with Crippen LogP contribution in [0.4, 0.5) is 0 Å². The first kappa shape index (κ1) is 34.9. The molecule has 2 saturated heterocycles. The third-order valence-electron chi connectivity index (χ3n) is 13.5. The molecule has 18 unspecified atom stereocenters. The minimum atomic E-state index is -1.66. The average Bonchev–Trinajstić information content (AvgIpc) is 3.63. The number of hydrogen-bond donors (Lipinski definition) is 7. The van der Waals surface area contributed by atoms with Crippen molar-refractivity contribution in [2.24, 2.45) is 35.0 Å². The van der Waals surface area contributed by atoms with Crippen LogP contribution in [0, 0.1) is 35.0 Å². The number of rotatable bonds is 6. The van der Waals surface area contributed by atoms with Crippen LogP contribution in [0.15, 0.2) is 23.8 Å². The minimum absolute atomic E-state index is 0.000505. The van der Waals surface area contributed by atoms with Gasteiger partial charge in [-0.2, -0.15) is 0 Å².